The second-order valence-corrected chi connectivity index (χ2v) is 3.53. The standard InChI is InChI=1S/C10H13FN2O/c11-10-9(2-1-5-12-10)13-6-3-8(14)4-7-13/h1-2,5,8,14H,3-4,6-7H2. The number of aliphatic hydroxyl groups excluding tert-OH is 1. The Bertz CT molecular complexity index is 311. The predicted molar refractivity (Wildman–Crippen MR) is 51.6 cm³/mol. The summed E-state index contributed by atoms with van der Waals surface area (Å²) >= 11 is 0. The monoisotopic (exact) mass is 196 g/mol. The number of halogens is 1. The van der Waals surface area contributed by atoms with Gasteiger partial charge in [0, 0.05) is 19.3 Å². The largest absolute Gasteiger partial charge is 0.393 e. The number of aromatic nitrogens is 1. The molecular formula is C10H13FN2O. The second-order valence-electron chi connectivity index (χ2n) is 3.53. The fourth-order valence-corrected chi connectivity index (χ4v) is 1.72. The van der Waals surface area contributed by atoms with Gasteiger partial charge in [0.25, 0.3) is 0 Å². The third kappa shape index (κ3) is 1.85. The van der Waals surface area contributed by atoms with E-state index in [-0.39, 0.29) is 6.10 Å². The fraction of sp³-hybridized carbons (Fsp3) is 0.500. The Balaban J connectivity index is 2.12. The number of aliphatic hydroxyl groups is 1. The van der Waals surface area contributed by atoms with Crippen LogP contribution >= 0.6 is 0 Å². The van der Waals surface area contributed by atoms with Crippen molar-refractivity contribution in [3.63, 3.8) is 0 Å². The summed E-state index contributed by atoms with van der Waals surface area (Å²) in [5, 5.41) is 9.31. The molecule has 0 amide bonds. The van der Waals surface area contributed by atoms with Gasteiger partial charge in [0.05, 0.1) is 11.8 Å². The zero-order valence-corrected chi connectivity index (χ0v) is 7.86. The topological polar surface area (TPSA) is 36.4 Å². The molecule has 1 fully saturated rings. The zero-order valence-electron chi connectivity index (χ0n) is 7.86. The summed E-state index contributed by atoms with van der Waals surface area (Å²) in [6.45, 7) is 1.40. The molecule has 1 aromatic rings. The van der Waals surface area contributed by atoms with E-state index in [1.807, 2.05) is 4.90 Å². The number of pyridine rings is 1. The predicted octanol–water partition coefficient (Wildman–Crippen LogP) is 1.18. The van der Waals surface area contributed by atoms with Gasteiger partial charge in [0.1, 0.15) is 0 Å². The van der Waals surface area contributed by atoms with Crippen molar-refractivity contribution in [3.8, 4) is 0 Å². The minimum Gasteiger partial charge on any atom is -0.393 e. The first kappa shape index (κ1) is 9.40. The number of piperidine rings is 1. The van der Waals surface area contributed by atoms with Crippen LogP contribution in [0.15, 0.2) is 18.3 Å². The lowest BCUT2D eigenvalue weighted by Crippen LogP contribution is -2.36. The molecule has 0 bridgehead atoms. The number of anilines is 1. The van der Waals surface area contributed by atoms with E-state index in [2.05, 4.69) is 4.98 Å². The molecule has 4 heteroatoms. The summed E-state index contributed by atoms with van der Waals surface area (Å²) in [7, 11) is 0. The Morgan fingerprint density at radius 2 is 2.14 bits per heavy atom. The van der Waals surface area contributed by atoms with E-state index < -0.39 is 5.95 Å². The van der Waals surface area contributed by atoms with E-state index in [0.29, 0.717) is 31.6 Å². The molecule has 1 aliphatic rings. The number of nitrogens with zero attached hydrogens (tertiary/aromatic N) is 2. The van der Waals surface area contributed by atoms with Gasteiger partial charge in [-0.15, -0.1) is 0 Å². The molecule has 0 radical (unpaired) electrons. The van der Waals surface area contributed by atoms with Crippen LogP contribution in [-0.2, 0) is 0 Å². The summed E-state index contributed by atoms with van der Waals surface area (Å²) in [6, 6.07) is 3.45. The highest BCUT2D eigenvalue weighted by molar-refractivity contribution is 5.45. The molecule has 0 saturated carbocycles. The fourth-order valence-electron chi connectivity index (χ4n) is 1.72. The number of hydrogen-bond acceptors (Lipinski definition) is 3. The van der Waals surface area contributed by atoms with Gasteiger partial charge in [-0.1, -0.05) is 0 Å². The molecule has 2 rings (SSSR count). The molecule has 1 aliphatic heterocycles. The van der Waals surface area contributed by atoms with Crippen LogP contribution in [0, 0.1) is 5.95 Å². The Labute approximate surface area is 82.2 Å². The molecule has 1 saturated heterocycles. The quantitative estimate of drug-likeness (QED) is 0.685. The highest BCUT2D eigenvalue weighted by Crippen LogP contribution is 2.21. The summed E-state index contributed by atoms with van der Waals surface area (Å²) in [4.78, 5) is 5.53. The van der Waals surface area contributed by atoms with Crippen LogP contribution in [-0.4, -0.2) is 29.3 Å². The van der Waals surface area contributed by atoms with Crippen molar-refractivity contribution >= 4 is 5.69 Å². The maximum Gasteiger partial charge on any atom is 0.236 e. The van der Waals surface area contributed by atoms with Crippen molar-refractivity contribution in [1.82, 2.24) is 4.98 Å². The van der Waals surface area contributed by atoms with E-state index >= 15 is 0 Å². The lowest BCUT2D eigenvalue weighted by atomic mass is 10.1. The van der Waals surface area contributed by atoms with Crippen molar-refractivity contribution < 1.29 is 9.50 Å². The molecule has 3 nitrogen and oxygen atoms in total. The molecule has 14 heavy (non-hydrogen) atoms. The smallest absolute Gasteiger partial charge is 0.236 e. The van der Waals surface area contributed by atoms with E-state index in [1.54, 1.807) is 12.1 Å². The first-order valence-electron chi connectivity index (χ1n) is 4.81. The van der Waals surface area contributed by atoms with Crippen LogP contribution < -0.4 is 4.90 Å². The van der Waals surface area contributed by atoms with E-state index in [9.17, 15) is 9.50 Å². The van der Waals surface area contributed by atoms with Gasteiger partial charge >= 0.3 is 0 Å². The van der Waals surface area contributed by atoms with Crippen LogP contribution in [0.4, 0.5) is 10.1 Å². The van der Waals surface area contributed by atoms with Crippen molar-refractivity contribution in [1.29, 1.82) is 0 Å². The van der Waals surface area contributed by atoms with Crippen LogP contribution in [0.25, 0.3) is 0 Å². The van der Waals surface area contributed by atoms with Gasteiger partial charge in [0.2, 0.25) is 5.95 Å². The lowest BCUT2D eigenvalue weighted by molar-refractivity contribution is 0.145. The van der Waals surface area contributed by atoms with Crippen LogP contribution in [0.5, 0.6) is 0 Å². The molecule has 0 atom stereocenters. The van der Waals surface area contributed by atoms with Crippen LogP contribution in [0.3, 0.4) is 0 Å². The Hall–Kier alpha value is -1.16. The molecule has 2 heterocycles. The third-order valence-corrected chi connectivity index (χ3v) is 2.54. The number of hydrogen-bond donors (Lipinski definition) is 1. The van der Waals surface area contributed by atoms with Crippen molar-refractivity contribution in [2.75, 3.05) is 18.0 Å². The van der Waals surface area contributed by atoms with Gasteiger partial charge in [-0.3, -0.25) is 0 Å². The third-order valence-electron chi connectivity index (χ3n) is 2.54. The van der Waals surface area contributed by atoms with E-state index in [4.69, 9.17) is 0 Å². The summed E-state index contributed by atoms with van der Waals surface area (Å²) in [5.41, 5.74) is 0.541. The molecular weight excluding hydrogens is 183 g/mol. The molecule has 0 unspecified atom stereocenters. The maximum absolute atomic E-state index is 13.3. The highest BCUT2D eigenvalue weighted by atomic mass is 19.1. The average Bonchev–Trinajstić information content (AvgIpc) is 2.20. The van der Waals surface area contributed by atoms with Gasteiger partial charge in [-0.2, -0.15) is 4.39 Å². The summed E-state index contributed by atoms with van der Waals surface area (Å²) < 4.78 is 13.3. The van der Waals surface area contributed by atoms with E-state index in [0.717, 1.165) is 0 Å². The van der Waals surface area contributed by atoms with Crippen molar-refractivity contribution in [2.24, 2.45) is 0 Å². The summed E-state index contributed by atoms with van der Waals surface area (Å²) in [6.07, 6.45) is 2.62. The number of rotatable bonds is 1. The SMILES string of the molecule is OC1CCN(c2cccnc2F)CC1. The van der Waals surface area contributed by atoms with Gasteiger partial charge in [-0.25, -0.2) is 4.98 Å². The van der Waals surface area contributed by atoms with Gasteiger partial charge < -0.3 is 10.0 Å². The van der Waals surface area contributed by atoms with Crippen molar-refractivity contribution in [2.45, 2.75) is 18.9 Å². The first-order valence-corrected chi connectivity index (χ1v) is 4.81. The van der Waals surface area contributed by atoms with Crippen molar-refractivity contribution in [3.05, 3.63) is 24.3 Å². The maximum atomic E-state index is 13.3. The molecule has 0 spiro atoms. The Morgan fingerprint density at radius 3 is 2.79 bits per heavy atom. The molecule has 1 N–H and O–H groups in total. The Kier molecular flexibility index (Phi) is 2.63. The normalized spacial score (nSPS) is 18.6. The van der Waals surface area contributed by atoms with Crippen LogP contribution in [0.2, 0.25) is 0 Å². The Morgan fingerprint density at radius 1 is 1.43 bits per heavy atom. The first-order chi connectivity index (χ1) is 6.77. The minimum absolute atomic E-state index is 0.231. The highest BCUT2D eigenvalue weighted by Gasteiger charge is 2.19. The van der Waals surface area contributed by atoms with Crippen LogP contribution in [0.1, 0.15) is 12.8 Å². The van der Waals surface area contributed by atoms with Gasteiger partial charge in [-0.05, 0) is 25.0 Å². The minimum atomic E-state index is -0.427. The summed E-state index contributed by atoms with van der Waals surface area (Å²) in [5.74, 6) is -0.427. The molecule has 76 valence electrons. The average molecular weight is 196 g/mol. The zero-order chi connectivity index (χ0) is 9.97. The molecule has 0 aromatic carbocycles. The lowest BCUT2D eigenvalue weighted by Gasteiger charge is -2.31. The van der Waals surface area contributed by atoms with E-state index in [1.165, 1.54) is 6.20 Å². The second kappa shape index (κ2) is 3.92. The molecule has 1 aromatic heterocycles. The van der Waals surface area contributed by atoms with Gasteiger partial charge in [0.15, 0.2) is 0 Å². The molecule has 0 aliphatic carbocycles.